The Bertz CT molecular complexity index is 1470. The van der Waals surface area contributed by atoms with E-state index >= 15 is 0 Å². The second-order valence-corrected chi connectivity index (χ2v) is 10.8. The first-order chi connectivity index (χ1) is 18.1. The van der Waals surface area contributed by atoms with Crippen molar-refractivity contribution in [3.05, 3.63) is 54.2 Å². The van der Waals surface area contributed by atoms with E-state index in [1.54, 1.807) is 23.0 Å². The van der Waals surface area contributed by atoms with E-state index in [-0.39, 0.29) is 24.1 Å². The molecule has 3 aliphatic heterocycles. The molecule has 2 N–H and O–H groups in total. The van der Waals surface area contributed by atoms with Crippen molar-refractivity contribution in [3.8, 4) is 11.5 Å². The van der Waals surface area contributed by atoms with E-state index in [2.05, 4.69) is 30.3 Å². The summed E-state index contributed by atoms with van der Waals surface area (Å²) in [5, 5.41) is 7.27. The molecule has 38 heavy (non-hydrogen) atoms. The molecule has 3 aliphatic rings. The molecule has 6 heterocycles. The number of anilines is 2. The molecule has 2 amide bonds. The van der Waals surface area contributed by atoms with Crippen molar-refractivity contribution in [2.75, 3.05) is 23.3 Å². The normalized spacial score (nSPS) is 18.8. The number of pyridine rings is 1. The minimum atomic E-state index is -0.511. The summed E-state index contributed by atoms with van der Waals surface area (Å²) in [4.78, 5) is 41.8. The van der Waals surface area contributed by atoms with Crippen LogP contribution in [0, 0.1) is 0 Å². The minimum Gasteiger partial charge on any atom is -0.444 e. The molecule has 7 rings (SSSR count). The van der Waals surface area contributed by atoms with Crippen LogP contribution in [0.25, 0.3) is 22.6 Å². The van der Waals surface area contributed by atoms with Crippen molar-refractivity contribution in [3.63, 3.8) is 0 Å². The van der Waals surface area contributed by atoms with Crippen LogP contribution in [0.5, 0.6) is 0 Å². The van der Waals surface area contributed by atoms with Crippen molar-refractivity contribution < 1.29 is 14.3 Å². The molecule has 196 valence electrons. The van der Waals surface area contributed by atoms with Crippen molar-refractivity contribution in [2.24, 2.45) is 7.05 Å². The highest BCUT2D eigenvalue weighted by Crippen LogP contribution is 2.35. The first-order valence-corrected chi connectivity index (χ1v) is 12.7. The fourth-order valence-electron chi connectivity index (χ4n) is 5.13. The number of para-hydroxylation sites is 2. The number of benzene rings is 1. The Morgan fingerprint density at radius 2 is 1.87 bits per heavy atom. The summed E-state index contributed by atoms with van der Waals surface area (Å²) in [5.74, 6) is 1.59. The first kappa shape index (κ1) is 24.0. The molecule has 3 aromatic heterocycles. The summed E-state index contributed by atoms with van der Waals surface area (Å²) in [7, 11) is 1.81. The van der Waals surface area contributed by atoms with Crippen molar-refractivity contribution in [2.45, 2.75) is 44.9 Å². The van der Waals surface area contributed by atoms with E-state index < -0.39 is 5.60 Å². The smallest absolute Gasteiger partial charge is 0.410 e. The fourth-order valence-corrected chi connectivity index (χ4v) is 5.13. The number of H-pyrrole nitrogens is 1. The van der Waals surface area contributed by atoms with Gasteiger partial charge in [-0.2, -0.15) is 5.10 Å². The number of aromatic amines is 1. The van der Waals surface area contributed by atoms with E-state index in [4.69, 9.17) is 4.74 Å². The number of imidazole rings is 1. The lowest BCUT2D eigenvalue weighted by Gasteiger charge is -2.56. The molecule has 3 saturated heterocycles. The highest BCUT2D eigenvalue weighted by atomic mass is 16.6. The van der Waals surface area contributed by atoms with Crippen molar-refractivity contribution in [1.82, 2.24) is 29.6 Å². The lowest BCUT2D eigenvalue weighted by atomic mass is 9.88. The Morgan fingerprint density at radius 3 is 2.55 bits per heavy atom. The van der Waals surface area contributed by atoms with E-state index in [1.165, 1.54) is 0 Å². The second kappa shape index (κ2) is 8.86. The van der Waals surface area contributed by atoms with Crippen LogP contribution in [0.4, 0.5) is 16.4 Å². The number of fused-ring (bicyclic) bond motifs is 3. The number of hydrogen-bond acceptors (Lipinski definition) is 7. The molecule has 2 atom stereocenters. The zero-order chi connectivity index (χ0) is 26.6. The average molecular weight is 515 g/mol. The van der Waals surface area contributed by atoms with Gasteiger partial charge in [0.25, 0.3) is 5.91 Å². The molecule has 2 unspecified atom stereocenters. The maximum absolute atomic E-state index is 12.9. The van der Waals surface area contributed by atoms with Crippen molar-refractivity contribution >= 4 is 34.7 Å². The summed E-state index contributed by atoms with van der Waals surface area (Å²) < 4.78 is 7.23. The number of aryl methyl sites for hydroxylation is 1. The predicted octanol–water partition coefficient (Wildman–Crippen LogP) is 3.81. The Morgan fingerprint density at radius 1 is 1.11 bits per heavy atom. The van der Waals surface area contributed by atoms with Gasteiger partial charge < -0.3 is 19.9 Å². The molecular weight excluding hydrogens is 484 g/mol. The predicted molar refractivity (Wildman–Crippen MR) is 143 cm³/mol. The van der Waals surface area contributed by atoms with Gasteiger partial charge >= 0.3 is 6.09 Å². The molecule has 0 saturated carbocycles. The number of ether oxygens (including phenoxy) is 1. The summed E-state index contributed by atoms with van der Waals surface area (Å²) in [6.07, 6.45) is 2.28. The Hall–Kier alpha value is -4.41. The molecule has 0 radical (unpaired) electrons. The van der Waals surface area contributed by atoms with Gasteiger partial charge in [0.2, 0.25) is 0 Å². The third-order valence-corrected chi connectivity index (χ3v) is 6.88. The van der Waals surface area contributed by atoms with Crippen LogP contribution in [0.1, 0.15) is 37.6 Å². The minimum absolute atomic E-state index is 0.110. The summed E-state index contributed by atoms with van der Waals surface area (Å²) in [6.45, 7) is 7.01. The molecule has 11 heteroatoms. The number of carbonyl (C=O) groups is 2. The number of piperazine rings is 1. The van der Waals surface area contributed by atoms with Gasteiger partial charge in [0.15, 0.2) is 11.6 Å². The summed E-state index contributed by atoms with van der Waals surface area (Å²) in [5.41, 5.74) is 2.48. The number of hydrogen-bond donors (Lipinski definition) is 2. The molecule has 0 spiro atoms. The topological polar surface area (TPSA) is 121 Å². The number of rotatable bonds is 4. The number of aromatic nitrogens is 5. The maximum Gasteiger partial charge on any atom is 0.410 e. The number of piperidine rings is 1. The van der Waals surface area contributed by atoms with E-state index in [9.17, 15) is 9.59 Å². The van der Waals surface area contributed by atoms with Crippen LogP contribution >= 0.6 is 0 Å². The van der Waals surface area contributed by atoms with Gasteiger partial charge in [-0.25, -0.2) is 14.8 Å². The molecule has 0 aliphatic carbocycles. The zero-order valence-corrected chi connectivity index (χ0v) is 21.8. The maximum atomic E-state index is 12.9. The molecular formula is C27H30N8O3. The first-order valence-electron chi connectivity index (χ1n) is 12.7. The summed E-state index contributed by atoms with van der Waals surface area (Å²) >= 11 is 0. The van der Waals surface area contributed by atoms with E-state index in [1.807, 2.05) is 63.1 Å². The van der Waals surface area contributed by atoms with Crippen LogP contribution in [0.15, 0.2) is 48.7 Å². The van der Waals surface area contributed by atoms with Crippen LogP contribution < -0.4 is 10.2 Å². The van der Waals surface area contributed by atoms with Gasteiger partial charge in [0.05, 0.1) is 28.7 Å². The molecule has 1 aromatic carbocycles. The average Bonchev–Trinajstić information content (AvgIpc) is 3.45. The molecule has 11 nitrogen and oxygen atoms in total. The lowest BCUT2D eigenvalue weighted by Crippen LogP contribution is -2.70. The SMILES string of the molecule is Cn1nc(NC(=O)c2ccc(N3CC4CC(C3)N4C(=O)OC(C)(C)C)nc2)cc1-c1nc2ccccc2[nH]1. The number of amides is 2. The van der Waals surface area contributed by atoms with Crippen LogP contribution in [-0.2, 0) is 11.8 Å². The van der Waals surface area contributed by atoms with Gasteiger partial charge in [-0.15, -0.1) is 0 Å². The number of nitrogens with one attached hydrogen (secondary N) is 2. The third-order valence-electron chi connectivity index (χ3n) is 6.88. The van der Waals surface area contributed by atoms with Crippen LogP contribution in [0.2, 0.25) is 0 Å². The Labute approximate surface area is 219 Å². The highest BCUT2D eigenvalue weighted by molar-refractivity contribution is 6.03. The third kappa shape index (κ3) is 4.44. The highest BCUT2D eigenvalue weighted by Gasteiger charge is 2.49. The molecule has 3 fully saturated rings. The van der Waals surface area contributed by atoms with Gasteiger partial charge in [0, 0.05) is 32.4 Å². The Balaban J connectivity index is 1.09. The van der Waals surface area contributed by atoms with Gasteiger partial charge in [-0.05, 0) is 51.5 Å². The van der Waals surface area contributed by atoms with E-state index in [0.29, 0.717) is 30.3 Å². The monoisotopic (exact) mass is 514 g/mol. The largest absolute Gasteiger partial charge is 0.444 e. The van der Waals surface area contributed by atoms with E-state index in [0.717, 1.165) is 29.0 Å². The number of nitrogens with zero attached hydrogens (tertiary/aromatic N) is 6. The van der Waals surface area contributed by atoms with Gasteiger partial charge in [-0.1, -0.05) is 12.1 Å². The zero-order valence-electron chi connectivity index (χ0n) is 21.8. The lowest BCUT2D eigenvalue weighted by molar-refractivity contribution is -0.0380. The standard InChI is InChI=1S/C27H30N8O3/c1-27(2,3)38-26(37)35-17-11-18(35)15-34(14-17)23-10-9-16(13-28-23)25(36)31-22-12-21(33(4)32-22)24-29-19-7-5-6-8-20(19)30-24/h5-10,12-13,17-18H,11,14-15H2,1-4H3,(H,29,30)(H,31,32,36). The number of carbonyl (C=O) groups excluding carboxylic acids is 2. The quantitative estimate of drug-likeness (QED) is 0.425. The molecule has 4 aromatic rings. The van der Waals surface area contributed by atoms with Crippen LogP contribution in [0.3, 0.4) is 0 Å². The van der Waals surface area contributed by atoms with Gasteiger partial charge in [0.1, 0.15) is 17.1 Å². The second-order valence-electron chi connectivity index (χ2n) is 10.8. The van der Waals surface area contributed by atoms with Crippen LogP contribution in [-0.4, -0.2) is 72.4 Å². The van der Waals surface area contributed by atoms with Crippen molar-refractivity contribution in [1.29, 1.82) is 0 Å². The Kier molecular flexibility index (Phi) is 5.59. The molecule has 2 bridgehead atoms. The van der Waals surface area contributed by atoms with Gasteiger partial charge in [-0.3, -0.25) is 14.4 Å². The summed E-state index contributed by atoms with van der Waals surface area (Å²) in [6, 6.07) is 13.4. The fraction of sp³-hybridized carbons (Fsp3) is 0.370.